The number of carbonyl (C=O) groups is 2. The van der Waals surface area contributed by atoms with E-state index in [1.165, 1.54) is 13.2 Å². The molecule has 0 radical (unpaired) electrons. The highest BCUT2D eigenvalue weighted by Gasteiger charge is 2.35. The van der Waals surface area contributed by atoms with Crippen molar-refractivity contribution in [1.82, 2.24) is 5.32 Å². The molecule has 2 aromatic rings. The van der Waals surface area contributed by atoms with Crippen LogP contribution in [-0.4, -0.2) is 25.0 Å². The van der Waals surface area contributed by atoms with Crippen LogP contribution in [0.25, 0.3) is 0 Å². The average molecular weight is 381 g/mol. The molecule has 4 nitrogen and oxygen atoms in total. The third-order valence-corrected chi connectivity index (χ3v) is 5.18. The molecule has 0 saturated carbocycles. The van der Waals surface area contributed by atoms with Crippen LogP contribution in [0, 0.1) is 25.6 Å². The van der Waals surface area contributed by atoms with Crippen LogP contribution in [0.1, 0.15) is 39.4 Å². The summed E-state index contributed by atoms with van der Waals surface area (Å²) in [4.78, 5) is 25.0. The van der Waals surface area contributed by atoms with Gasteiger partial charge in [0.2, 0.25) is 0 Å². The van der Waals surface area contributed by atoms with E-state index in [-0.39, 0.29) is 17.9 Å². The topological polar surface area (TPSA) is 55.4 Å². The first kappa shape index (κ1) is 19.8. The van der Waals surface area contributed by atoms with E-state index in [2.05, 4.69) is 5.32 Å². The van der Waals surface area contributed by atoms with E-state index in [1.807, 2.05) is 44.2 Å². The number of aryl methyl sites for hydroxylation is 2. The quantitative estimate of drug-likeness (QED) is 0.627. The molecule has 0 aromatic heterocycles. The van der Waals surface area contributed by atoms with Gasteiger partial charge in [0.25, 0.3) is 5.91 Å². The van der Waals surface area contributed by atoms with E-state index in [1.54, 1.807) is 18.2 Å². The lowest BCUT2D eigenvalue weighted by Gasteiger charge is -2.22. The molecule has 0 saturated heterocycles. The van der Waals surface area contributed by atoms with E-state index >= 15 is 0 Å². The molecule has 1 aliphatic rings. The van der Waals surface area contributed by atoms with Gasteiger partial charge in [-0.25, -0.2) is 4.39 Å². The van der Waals surface area contributed by atoms with Gasteiger partial charge >= 0.3 is 5.97 Å². The minimum Gasteiger partial charge on any atom is -0.469 e. The Balaban J connectivity index is 1.74. The summed E-state index contributed by atoms with van der Waals surface area (Å²) >= 11 is 0. The highest BCUT2D eigenvalue weighted by Crippen LogP contribution is 2.35. The molecule has 1 N–H and O–H groups in total. The number of allylic oxidation sites excluding steroid dienone is 1. The predicted molar refractivity (Wildman–Crippen MR) is 106 cm³/mol. The Morgan fingerprint density at radius 1 is 1.14 bits per heavy atom. The molecule has 2 aromatic carbocycles. The summed E-state index contributed by atoms with van der Waals surface area (Å²) in [5.41, 5.74) is 2.95. The normalized spacial score (nSPS) is 19.3. The second-order valence-electron chi connectivity index (χ2n) is 7.21. The summed E-state index contributed by atoms with van der Waals surface area (Å²) in [6.07, 6.45) is 4.23. The van der Waals surface area contributed by atoms with E-state index in [0.717, 1.165) is 11.1 Å². The molecule has 1 amide bonds. The summed E-state index contributed by atoms with van der Waals surface area (Å²) < 4.78 is 19.2. The monoisotopic (exact) mass is 381 g/mol. The average Bonchev–Trinajstić information content (AvgIpc) is 3.11. The van der Waals surface area contributed by atoms with Gasteiger partial charge in [-0.3, -0.25) is 9.59 Å². The minimum atomic E-state index is -0.745. The maximum absolute atomic E-state index is 14.3. The van der Waals surface area contributed by atoms with Crippen molar-refractivity contribution < 1.29 is 18.7 Å². The lowest BCUT2D eigenvalue weighted by molar-refractivity contribution is -0.143. The Labute approximate surface area is 164 Å². The highest BCUT2D eigenvalue weighted by molar-refractivity contribution is 5.96. The van der Waals surface area contributed by atoms with Gasteiger partial charge in [0, 0.05) is 17.2 Å². The fourth-order valence-electron chi connectivity index (χ4n) is 3.78. The van der Waals surface area contributed by atoms with Crippen LogP contribution in [0.3, 0.4) is 0 Å². The van der Waals surface area contributed by atoms with E-state index in [0.29, 0.717) is 17.5 Å². The van der Waals surface area contributed by atoms with Crippen LogP contribution >= 0.6 is 0 Å². The summed E-state index contributed by atoms with van der Waals surface area (Å²) in [5, 5.41) is 2.99. The molecule has 0 heterocycles. The Hall–Kier alpha value is -2.95. The number of hydrogen-bond acceptors (Lipinski definition) is 3. The molecule has 3 atom stereocenters. The number of halogens is 1. The van der Waals surface area contributed by atoms with Crippen molar-refractivity contribution in [2.75, 3.05) is 7.11 Å². The zero-order valence-electron chi connectivity index (χ0n) is 16.2. The Kier molecular flexibility index (Phi) is 5.93. The predicted octanol–water partition coefficient (Wildman–Crippen LogP) is 4.07. The number of amides is 1. The van der Waals surface area contributed by atoms with Crippen LogP contribution in [0.4, 0.5) is 4.39 Å². The Bertz CT molecular complexity index is 922. The van der Waals surface area contributed by atoms with Gasteiger partial charge in [0.15, 0.2) is 0 Å². The van der Waals surface area contributed by atoms with Crippen LogP contribution < -0.4 is 5.32 Å². The number of methoxy groups -OCH3 is 1. The first-order valence-electron chi connectivity index (χ1n) is 9.29. The SMILES string of the molecule is COC(=O)[C@H](c1ccccc1F)[C@@H]1C=C[C@@H](NC(=O)c2ccc(C)cc2C)C1. The molecule has 0 bridgehead atoms. The second kappa shape index (κ2) is 8.38. The molecule has 3 rings (SSSR count). The first-order chi connectivity index (χ1) is 13.4. The minimum absolute atomic E-state index is 0.159. The first-order valence-corrected chi connectivity index (χ1v) is 9.29. The van der Waals surface area contributed by atoms with Gasteiger partial charge in [0.05, 0.1) is 13.0 Å². The van der Waals surface area contributed by atoms with Crippen LogP contribution in [0.15, 0.2) is 54.6 Å². The van der Waals surface area contributed by atoms with Gasteiger partial charge in [-0.15, -0.1) is 0 Å². The van der Waals surface area contributed by atoms with E-state index in [4.69, 9.17) is 4.74 Å². The van der Waals surface area contributed by atoms with Crippen molar-refractivity contribution in [3.63, 3.8) is 0 Å². The molecule has 0 spiro atoms. The van der Waals surface area contributed by atoms with Gasteiger partial charge in [0.1, 0.15) is 5.82 Å². The van der Waals surface area contributed by atoms with Gasteiger partial charge in [-0.2, -0.15) is 0 Å². The smallest absolute Gasteiger partial charge is 0.313 e. The largest absolute Gasteiger partial charge is 0.469 e. The fraction of sp³-hybridized carbons (Fsp3) is 0.304. The summed E-state index contributed by atoms with van der Waals surface area (Å²) in [5.74, 6) is -2.08. The van der Waals surface area contributed by atoms with Gasteiger partial charge < -0.3 is 10.1 Å². The number of ether oxygens (including phenoxy) is 1. The second-order valence-corrected chi connectivity index (χ2v) is 7.21. The van der Waals surface area contributed by atoms with Gasteiger partial charge in [-0.05, 0) is 43.9 Å². The molecular formula is C23H24FNO3. The summed E-state index contributed by atoms with van der Waals surface area (Å²) in [7, 11) is 1.30. The fourth-order valence-corrected chi connectivity index (χ4v) is 3.78. The van der Waals surface area contributed by atoms with Crippen molar-refractivity contribution in [3.05, 3.63) is 82.7 Å². The third-order valence-electron chi connectivity index (χ3n) is 5.18. The molecule has 146 valence electrons. The number of benzene rings is 2. The molecule has 0 unspecified atom stereocenters. The molecule has 1 aliphatic carbocycles. The Morgan fingerprint density at radius 3 is 2.57 bits per heavy atom. The van der Waals surface area contributed by atoms with E-state index < -0.39 is 17.7 Å². The van der Waals surface area contributed by atoms with E-state index in [9.17, 15) is 14.0 Å². The number of hydrogen-bond donors (Lipinski definition) is 1. The summed E-state index contributed by atoms with van der Waals surface area (Å²) in [6, 6.07) is 11.7. The zero-order valence-corrected chi connectivity index (χ0v) is 16.2. The van der Waals surface area contributed by atoms with Gasteiger partial charge in [-0.1, -0.05) is 48.0 Å². The molecular weight excluding hydrogens is 357 g/mol. The molecule has 28 heavy (non-hydrogen) atoms. The molecule has 0 fully saturated rings. The lowest BCUT2D eigenvalue weighted by Crippen LogP contribution is -2.34. The number of rotatable bonds is 5. The standard InChI is InChI=1S/C23H24FNO3/c1-14-8-11-18(15(2)12-14)22(26)25-17-10-9-16(13-17)21(23(27)28-3)19-6-4-5-7-20(19)24/h4-12,16-17,21H,13H2,1-3H3,(H,25,26)/t16-,17-,21+/m1/s1. The maximum atomic E-state index is 14.3. The van der Waals surface area contributed by atoms with Crippen molar-refractivity contribution in [2.24, 2.45) is 5.92 Å². The van der Waals surface area contributed by atoms with Crippen molar-refractivity contribution in [1.29, 1.82) is 0 Å². The Morgan fingerprint density at radius 2 is 1.89 bits per heavy atom. The van der Waals surface area contributed by atoms with Crippen molar-refractivity contribution in [3.8, 4) is 0 Å². The summed E-state index contributed by atoms with van der Waals surface area (Å²) in [6.45, 7) is 3.88. The number of nitrogens with one attached hydrogen (secondary N) is 1. The highest BCUT2D eigenvalue weighted by atomic mass is 19.1. The van der Waals surface area contributed by atoms with Crippen molar-refractivity contribution in [2.45, 2.75) is 32.2 Å². The number of carbonyl (C=O) groups excluding carboxylic acids is 2. The van der Waals surface area contributed by atoms with Crippen LogP contribution in [0.5, 0.6) is 0 Å². The zero-order chi connectivity index (χ0) is 20.3. The molecule has 0 aliphatic heterocycles. The van der Waals surface area contributed by atoms with Crippen molar-refractivity contribution >= 4 is 11.9 Å². The number of esters is 1. The molecule has 5 heteroatoms. The van der Waals surface area contributed by atoms with Crippen LogP contribution in [0.2, 0.25) is 0 Å². The lowest BCUT2D eigenvalue weighted by atomic mass is 9.85. The third kappa shape index (κ3) is 4.14. The maximum Gasteiger partial charge on any atom is 0.313 e. The van der Waals surface area contributed by atoms with Crippen LogP contribution in [-0.2, 0) is 9.53 Å².